The van der Waals surface area contributed by atoms with E-state index in [4.69, 9.17) is 12.2 Å². The molecule has 0 saturated heterocycles. The van der Waals surface area contributed by atoms with Crippen molar-refractivity contribution in [2.45, 2.75) is 13.0 Å². The largest absolute Gasteiger partial charge is 0.361 e. The highest BCUT2D eigenvalue weighted by molar-refractivity contribution is 7.80. The van der Waals surface area contributed by atoms with Gasteiger partial charge in [-0.2, -0.15) is 0 Å². The summed E-state index contributed by atoms with van der Waals surface area (Å²) in [6, 6.07) is 5.16. The zero-order valence-electron chi connectivity index (χ0n) is 15.1. The molecular weight excluding hydrogens is 382 g/mol. The predicted molar refractivity (Wildman–Crippen MR) is 108 cm³/mol. The highest BCUT2D eigenvalue weighted by Gasteiger charge is 2.26. The van der Waals surface area contributed by atoms with E-state index >= 15 is 0 Å². The van der Waals surface area contributed by atoms with Gasteiger partial charge in [-0.3, -0.25) is 19.7 Å². The van der Waals surface area contributed by atoms with Gasteiger partial charge in [0.05, 0.1) is 10.8 Å². The van der Waals surface area contributed by atoms with Crippen LogP contribution in [0.15, 0.2) is 24.3 Å². The summed E-state index contributed by atoms with van der Waals surface area (Å²) in [6.07, 6.45) is 6.84. The van der Waals surface area contributed by atoms with Gasteiger partial charge in [-0.25, -0.2) is 0 Å². The zero-order valence-corrected chi connectivity index (χ0v) is 15.9. The quantitative estimate of drug-likeness (QED) is 0.220. The molecule has 0 bridgehead atoms. The van der Waals surface area contributed by atoms with E-state index in [1.165, 1.54) is 12.1 Å². The number of non-ortho nitro benzene ring substituents is 1. The average molecular weight is 402 g/mol. The van der Waals surface area contributed by atoms with Gasteiger partial charge in [0.2, 0.25) is 11.8 Å². The Balaban J connectivity index is 1.62. The first kappa shape index (κ1) is 21.5. The number of hydrogen-bond donors (Lipinski definition) is 4. The summed E-state index contributed by atoms with van der Waals surface area (Å²) in [5, 5.41) is 22.1. The average Bonchev–Trinajstić information content (AvgIpc) is 3.20. The molecule has 2 rings (SSSR count). The molecule has 9 nitrogen and oxygen atoms in total. The van der Waals surface area contributed by atoms with Crippen molar-refractivity contribution >= 4 is 40.5 Å². The Bertz CT molecular complexity index is 719. The topological polar surface area (TPSA) is 125 Å². The van der Waals surface area contributed by atoms with E-state index in [9.17, 15) is 19.7 Å². The number of carbonyl (C=O) groups excluding carboxylic acids is 2. The first-order valence-corrected chi connectivity index (χ1v) is 8.87. The first-order chi connectivity index (χ1) is 13.4. The van der Waals surface area contributed by atoms with Crippen molar-refractivity contribution in [3.8, 4) is 0 Å². The van der Waals surface area contributed by atoms with Gasteiger partial charge in [-0.05, 0) is 57.0 Å². The standard InChI is InChI=1S/C18H20N5O4S/c1-12(21-17(25)13-4-2-3-5-13)16(24)19-10-11-20-18(28)22-14-6-8-15(9-7-14)23(26)27/h2-9,12H,10-11H2,1H3,(H,19,24)(H,21,25)(H2,20,22,28)/t12-/m0/s1. The van der Waals surface area contributed by atoms with Crippen LogP contribution in [-0.2, 0) is 9.59 Å². The minimum Gasteiger partial charge on any atom is -0.361 e. The maximum absolute atomic E-state index is 12.0. The summed E-state index contributed by atoms with van der Waals surface area (Å²) in [5.41, 5.74) is 0.600. The van der Waals surface area contributed by atoms with Crippen LogP contribution in [-0.4, -0.2) is 41.0 Å². The molecule has 1 saturated carbocycles. The summed E-state index contributed by atoms with van der Waals surface area (Å²) in [7, 11) is 0. The van der Waals surface area contributed by atoms with Gasteiger partial charge in [0.1, 0.15) is 6.04 Å². The lowest BCUT2D eigenvalue weighted by atomic mass is 10.1. The summed E-state index contributed by atoms with van der Waals surface area (Å²) >= 11 is 5.13. The van der Waals surface area contributed by atoms with Crippen molar-refractivity contribution in [1.82, 2.24) is 16.0 Å². The van der Waals surface area contributed by atoms with Crippen molar-refractivity contribution < 1.29 is 14.5 Å². The molecule has 1 fully saturated rings. The summed E-state index contributed by atoms with van der Waals surface area (Å²) in [5.74, 6) is -0.112. The Hall–Kier alpha value is -2.75. The highest BCUT2D eigenvalue weighted by Crippen LogP contribution is 2.22. The van der Waals surface area contributed by atoms with Gasteiger partial charge in [-0.1, -0.05) is 0 Å². The second-order valence-corrected chi connectivity index (χ2v) is 6.25. The molecule has 5 radical (unpaired) electrons. The molecule has 2 amide bonds. The molecule has 1 aliphatic carbocycles. The molecule has 1 aliphatic rings. The molecule has 0 heterocycles. The molecule has 1 aromatic carbocycles. The van der Waals surface area contributed by atoms with E-state index in [1.54, 1.807) is 44.7 Å². The van der Waals surface area contributed by atoms with Gasteiger partial charge in [-0.15, -0.1) is 0 Å². The van der Waals surface area contributed by atoms with Gasteiger partial charge in [0.25, 0.3) is 5.69 Å². The molecule has 1 aromatic rings. The number of nitro groups is 1. The number of nitrogens with one attached hydrogen (secondary N) is 4. The first-order valence-electron chi connectivity index (χ1n) is 8.46. The lowest BCUT2D eigenvalue weighted by molar-refractivity contribution is -0.384. The Kier molecular flexibility index (Phi) is 8.12. The van der Waals surface area contributed by atoms with Gasteiger partial charge >= 0.3 is 0 Å². The molecule has 0 spiro atoms. The number of amides is 2. The van der Waals surface area contributed by atoms with E-state index in [-0.39, 0.29) is 17.5 Å². The van der Waals surface area contributed by atoms with Crippen LogP contribution < -0.4 is 21.3 Å². The molecular formula is C18H20N5O4S. The van der Waals surface area contributed by atoms with E-state index in [2.05, 4.69) is 21.3 Å². The lowest BCUT2D eigenvalue weighted by Gasteiger charge is -2.16. The third-order valence-electron chi connectivity index (χ3n) is 3.71. The van der Waals surface area contributed by atoms with Crippen LogP contribution in [0.25, 0.3) is 0 Å². The van der Waals surface area contributed by atoms with E-state index in [0.717, 1.165) is 0 Å². The van der Waals surface area contributed by atoms with Gasteiger partial charge in [0.15, 0.2) is 5.11 Å². The third-order valence-corrected chi connectivity index (χ3v) is 3.96. The number of nitrogens with zero attached hydrogens (tertiary/aromatic N) is 1. The van der Waals surface area contributed by atoms with Crippen LogP contribution in [0.2, 0.25) is 0 Å². The molecule has 0 unspecified atom stereocenters. The van der Waals surface area contributed by atoms with Crippen molar-refractivity contribution in [1.29, 1.82) is 0 Å². The second kappa shape index (κ2) is 10.5. The van der Waals surface area contributed by atoms with Gasteiger partial charge in [0, 0.05) is 30.9 Å². The number of thiocarbonyl (C=S) groups is 1. The van der Waals surface area contributed by atoms with Crippen molar-refractivity contribution in [2.24, 2.45) is 0 Å². The van der Waals surface area contributed by atoms with Gasteiger partial charge < -0.3 is 21.3 Å². The Morgan fingerprint density at radius 2 is 1.71 bits per heavy atom. The second-order valence-electron chi connectivity index (χ2n) is 5.84. The number of anilines is 1. The number of hydrogen-bond acceptors (Lipinski definition) is 5. The minimum absolute atomic E-state index is 0.00766. The fourth-order valence-electron chi connectivity index (χ4n) is 2.23. The fraction of sp³-hybridized carbons (Fsp3) is 0.222. The zero-order chi connectivity index (χ0) is 20.5. The minimum atomic E-state index is -0.674. The highest BCUT2D eigenvalue weighted by atomic mass is 32.1. The Morgan fingerprint density at radius 1 is 1.11 bits per heavy atom. The van der Waals surface area contributed by atoms with Crippen LogP contribution in [0.3, 0.4) is 0 Å². The van der Waals surface area contributed by atoms with Crippen molar-refractivity contribution in [3.05, 3.63) is 66.0 Å². The number of benzene rings is 1. The Labute approximate surface area is 168 Å². The van der Waals surface area contributed by atoms with Crippen LogP contribution in [0, 0.1) is 41.7 Å². The molecule has 10 heteroatoms. The van der Waals surface area contributed by atoms with E-state index in [1.807, 2.05) is 0 Å². The maximum atomic E-state index is 12.0. The van der Waals surface area contributed by atoms with Crippen molar-refractivity contribution in [3.63, 3.8) is 0 Å². The van der Waals surface area contributed by atoms with E-state index < -0.39 is 11.0 Å². The van der Waals surface area contributed by atoms with Crippen LogP contribution >= 0.6 is 12.2 Å². The fourth-order valence-corrected chi connectivity index (χ4v) is 2.45. The third kappa shape index (κ3) is 6.76. The lowest BCUT2D eigenvalue weighted by Crippen LogP contribution is -2.47. The summed E-state index contributed by atoms with van der Waals surface area (Å²) < 4.78 is 0. The molecule has 147 valence electrons. The SMILES string of the molecule is C[C@H](NC(=O)[C]1[CH][CH][CH][CH]1)C(=O)NCCNC(=S)Nc1ccc([N+](=O)[O-])cc1. The van der Waals surface area contributed by atoms with Crippen molar-refractivity contribution in [2.75, 3.05) is 18.4 Å². The molecule has 28 heavy (non-hydrogen) atoms. The molecule has 0 aromatic heterocycles. The summed E-state index contributed by atoms with van der Waals surface area (Å²) in [6.45, 7) is 2.27. The molecule has 4 N–H and O–H groups in total. The normalized spacial score (nSPS) is 14.8. The molecule has 0 aliphatic heterocycles. The predicted octanol–water partition coefficient (Wildman–Crippen LogP) is 0.907. The number of carbonyl (C=O) groups is 2. The Morgan fingerprint density at radius 3 is 2.32 bits per heavy atom. The summed E-state index contributed by atoms with van der Waals surface area (Å²) in [4.78, 5) is 34.1. The molecule has 1 atom stereocenters. The van der Waals surface area contributed by atoms with Crippen LogP contribution in [0.5, 0.6) is 0 Å². The van der Waals surface area contributed by atoms with Crippen LogP contribution in [0.1, 0.15) is 6.92 Å². The smallest absolute Gasteiger partial charge is 0.269 e. The number of nitro benzene ring substituents is 1. The monoisotopic (exact) mass is 402 g/mol. The number of rotatable bonds is 8. The van der Waals surface area contributed by atoms with Crippen LogP contribution in [0.4, 0.5) is 11.4 Å². The maximum Gasteiger partial charge on any atom is 0.269 e. The van der Waals surface area contributed by atoms with E-state index in [0.29, 0.717) is 29.8 Å².